The Balaban J connectivity index is 1.65. The van der Waals surface area contributed by atoms with Gasteiger partial charge in [0.05, 0.1) is 11.7 Å². The minimum absolute atomic E-state index is 0.0887. The molecule has 1 aliphatic heterocycles. The maximum atomic E-state index is 13.9. The van der Waals surface area contributed by atoms with Gasteiger partial charge in [-0.2, -0.15) is 0 Å². The second-order valence-corrected chi connectivity index (χ2v) is 8.04. The topological polar surface area (TPSA) is 67.2 Å². The first kappa shape index (κ1) is 21.0. The molecule has 1 atom stereocenters. The molecule has 0 radical (unpaired) electrons. The van der Waals surface area contributed by atoms with Gasteiger partial charge in [0.2, 0.25) is 11.9 Å². The minimum Gasteiger partial charge on any atom is -0.347 e. The van der Waals surface area contributed by atoms with Gasteiger partial charge in [-0.3, -0.25) is 4.79 Å². The summed E-state index contributed by atoms with van der Waals surface area (Å²) in [6.45, 7) is 3.21. The Bertz CT molecular complexity index is 1080. The lowest BCUT2D eigenvalue weighted by molar-refractivity contribution is -0.132. The molecular formula is C23H27FN6O. The van der Waals surface area contributed by atoms with Crippen molar-refractivity contribution in [3.8, 4) is 11.1 Å². The van der Waals surface area contributed by atoms with E-state index in [1.54, 1.807) is 18.5 Å². The van der Waals surface area contributed by atoms with Crippen molar-refractivity contribution >= 4 is 11.9 Å². The monoisotopic (exact) mass is 422 g/mol. The molecule has 0 bridgehead atoms. The summed E-state index contributed by atoms with van der Waals surface area (Å²) in [4.78, 5) is 30.3. The second-order valence-electron chi connectivity index (χ2n) is 8.04. The number of rotatable bonds is 6. The molecule has 2 aromatic heterocycles. The van der Waals surface area contributed by atoms with Crippen molar-refractivity contribution in [1.29, 1.82) is 0 Å². The minimum atomic E-state index is -0.310. The third-order valence-electron chi connectivity index (χ3n) is 5.72. The summed E-state index contributed by atoms with van der Waals surface area (Å²) in [5, 5.41) is 0. The van der Waals surface area contributed by atoms with Crippen molar-refractivity contribution < 1.29 is 9.18 Å². The van der Waals surface area contributed by atoms with Crippen LogP contribution < -0.4 is 4.90 Å². The zero-order chi connectivity index (χ0) is 22.0. The fraction of sp³-hybridized carbons (Fsp3) is 0.391. The Labute approximate surface area is 181 Å². The number of halogens is 1. The number of nitrogens with zero attached hydrogens (tertiary/aromatic N) is 6. The summed E-state index contributed by atoms with van der Waals surface area (Å²) < 4.78 is 15.9. The van der Waals surface area contributed by atoms with E-state index in [0.29, 0.717) is 31.0 Å². The Morgan fingerprint density at radius 2 is 2.13 bits per heavy atom. The van der Waals surface area contributed by atoms with Crippen LogP contribution in [0.2, 0.25) is 0 Å². The molecule has 1 aromatic carbocycles. The zero-order valence-corrected chi connectivity index (χ0v) is 18.1. The predicted molar refractivity (Wildman–Crippen MR) is 117 cm³/mol. The fourth-order valence-electron chi connectivity index (χ4n) is 4.08. The normalized spacial score (nSPS) is 16.0. The van der Waals surface area contributed by atoms with Gasteiger partial charge >= 0.3 is 0 Å². The van der Waals surface area contributed by atoms with Gasteiger partial charge in [-0.15, -0.1) is 0 Å². The highest BCUT2D eigenvalue weighted by atomic mass is 19.1. The molecule has 162 valence electrons. The van der Waals surface area contributed by atoms with E-state index in [1.807, 2.05) is 47.6 Å². The van der Waals surface area contributed by atoms with Crippen LogP contribution in [0, 0.1) is 12.7 Å². The molecule has 0 saturated carbocycles. The number of carbonyl (C=O) groups is 1. The molecule has 31 heavy (non-hydrogen) atoms. The highest BCUT2D eigenvalue weighted by Crippen LogP contribution is 2.37. The number of hydrogen-bond donors (Lipinski definition) is 0. The molecule has 0 spiro atoms. The first-order valence-electron chi connectivity index (χ1n) is 10.5. The van der Waals surface area contributed by atoms with Crippen molar-refractivity contribution in [2.45, 2.75) is 38.8 Å². The molecule has 0 aliphatic carbocycles. The van der Waals surface area contributed by atoms with Gasteiger partial charge in [0.25, 0.3) is 0 Å². The van der Waals surface area contributed by atoms with Crippen molar-refractivity contribution in [1.82, 2.24) is 24.4 Å². The largest absolute Gasteiger partial charge is 0.347 e. The molecule has 1 fully saturated rings. The molecule has 3 heterocycles. The summed E-state index contributed by atoms with van der Waals surface area (Å²) in [5.74, 6) is 1.25. The van der Waals surface area contributed by atoms with Crippen molar-refractivity contribution in [2.24, 2.45) is 0 Å². The number of imidazole rings is 1. The fourth-order valence-corrected chi connectivity index (χ4v) is 4.08. The third kappa shape index (κ3) is 4.42. The highest BCUT2D eigenvalue weighted by molar-refractivity contribution is 5.78. The highest BCUT2D eigenvalue weighted by Gasteiger charge is 2.33. The number of likely N-dealkylation sites (tertiary alicyclic amines) is 1. The SMILES string of the molecule is Cc1nccn1CCC(=O)N1CCC[C@@H]1c1nc(N(C)C)ncc1-c1cccc(F)c1. The average Bonchev–Trinajstić information content (AvgIpc) is 3.40. The lowest BCUT2D eigenvalue weighted by Gasteiger charge is -2.27. The van der Waals surface area contributed by atoms with Crippen molar-refractivity contribution in [2.75, 3.05) is 25.5 Å². The van der Waals surface area contributed by atoms with E-state index in [4.69, 9.17) is 4.98 Å². The number of aromatic nitrogens is 4. The van der Waals surface area contributed by atoms with E-state index >= 15 is 0 Å². The van der Waals surface area contributed by atoms with Crippen molar-refractivity contribution in [3.05, 3.63) is 60.2 Å². The summed E-state index contributed by atoms with van der Waals surface area (Å²) in [7, 11) is 3.76. The van der Waals surface area contributed by atoms with Gasteiger partial charge in [-0.25, -0.2) is 19.3 Å². The Kier molecular flexibility index (Phi) is 5.97. The first-order chi connectivity index (χ1) is 14.9. The second kappa shape index (κ2) is 8.83. The number of carbonyl (C=O) groups excluding carboxylic acids is 1. The van der Waals surface area contributed by atoms with Gasteiger partial charge in [0.1, 0.15) is 11.6 Å². The molecule has 1 saturated heterocycles. The molecule has 1 amide bonds. The quantitative estimate of drug-likeness (QED) is 0.607. The number of benzene rings is 1. The number of hydrogen-bond acceptors (Lipinski definition) is 5. The summed E-state index contributed by atoms with van der Waals surface area (Å²) in [6.07, 6.45) is 7.50. The van der Waals surface area contributed by atoms with Crippen molar-refractivity contribution in [3.63, 3.8) is 0 Å². The van der Waals surface area contributed by atoms with Crippen LogP contribution in [-0.2, 0) is 11.3 Å². The third-order valence-corrected chi connectivity index (χ3v) is 5.72. The van der Waals surface area contributed by atoms with Crippen LogP contribution in [0.4, 0.5) is 10.3 Å². The number of anilines is 1. The molecule has 3 aromatic rings. The summed E-state index contributed by atoms with van der Waals surface area (Å²) >= 11 is 0. The van der Waals surface area contributed by atoms with E-state index in [0.717, 1.165) is 29.9 Å². The van der Waals surface area contributed by atoms with Crippen LogP contribution in [0.15, 0.2) is 42.9 Å². The molecule has 1 aliphatic rings. The molecule has 7 nitrogen and oxygen atoms in total. The summed E-state index contributed by atoms with van der Waals surface area (Å²) in [6, 6.07) is 6.28. The predicted octanol–water partition coefficient (Wildman–Crippen LogP) is 3.61. The zero-order valence-electron chi connectivity index (χ0n) is 18.1. The Morgan fingerprint density at radius 1 is 1.29 bits per heavy atom. The number of amides is 1. The number of aryl methyl sites for hydroxylation is 2. The maximum absolute atomic E-state index is 13.9. The van der Waals surface area contributed by atoms with E-state index in [2.05, 4.69) is 9.97 Å². The molecule has 0 N–H and O–H groups in total. The van der Waals surface area contributed by atoms with Crippen LogP contribution in [0.5, 0.6) is 0 Å². The van der Waals surface area contributed by atoms with E-state index in [-0.39, 0.29) is 17.8 Å². The van der Waals surface area contributed by atoms with Gasteiger partial charge < -0.3 is 14.4 Å². The van der Waals surface area contributed by atoms with E-state index < -0.39 is 0 Å². The van der Waals surface area contributed by atoms with Crippen LogP contribution in [0.1, 0.15) is 36.8 Å². The summed E-state index contributed by atoms with van der Waals surface area (Å²) in [5.41, 5.74) is 2.25. The van der Waals surface area contributed by atoms with Gasteiger partial charge in [-0.05, 0) is 37.5 Å². The van der Waals surface area contributed by atoms with Gasteiger partial charge in [0, 0.05) is 57.8 Å². The molecule has 8 heteroatoms. The van der Waals surface area contributed by atoms with Crippen LogP contribution in [0.3, 0.4) is 0 Å². The smallest absolute Gasteiger partial charge is 0.225 e. The van der Waals surface area contributed by atoms with E-state index in [9.17, 15) is 9.18 Å². The van der Waals surface area contributed by atoms with Crippen LogP contribution in [0.25, 0.3) is 11.1 Å². The van der Waals surface area contributed by atoms with Crippen LogP contribution >= 0.6 is 0 Å². The van der Waals surface area contributed by atoms with E-state index in [1.165, 1.54) is 12.1 Å². The lowest BCUT2D eigenvalue weighted by Crippen LogP contribution is -2.32. The molecular weight excluding hydrogens is 395 g/mol. The maximum Gasteiger partial charge on any atom is 0.225 e. The van der Waals surface area contributed by atoms with Gasteiger partial charge in [-0.1, -0.05) is 12.1 Å². The Morgan fingerprint density at radius 3 is 2.84 bits per heavy atom. The molecule has 0 unspecified atom stereocenters. The van der Waals surface area contributed by atoms with Gasteiger partial charge in [0.15, 0.2) is 0 Å². The lowest BCUT2D eigenvalue weighted by atomic mass is 9.99. The standard InChI is InChI=1S/C23H27FN6O/c1-16-25-10-13-29(16)12-9-21(31)30-11-5-8-20(30)22-19(15-26-23(27-22)28(2)3)17-6-4-7-18(24)14-17/h4,6-7,10,13-15,20H,5,8-9,11-12H2,1-3H3/t20-/m1/s1. The van der Waals surface area contributed by atoms with Crippen LogP contribution in [-0.4, -0.2) is 51.0 Å². The average molecular weight is 423 g/mol. The first-order valence-corrected chi connectivity index (χ1v) is 10.5. The Hall–Kier alpha value is -3.29. The molecule has 4 rings (SSSR count).